The Hall–Kier alpha value is -2.38. The van der Waals surface area contributed by atoms with Gasteiger partial charge >= 0.3 is 0 Å². The van der Waals surface area contributed by atoms with E-state index in [4.69, 9.17) is 15.2 Å². The number of primary amides is 1. The number of rotatable bonds is 4. The summed E-state index contributed by atoms with van der Waals surface area (Å²) in [5.74, 6) is 0.234. The molecule has 0 fully saturated rings. The first-order valence-electron chi connectivity index (χ1n) is 8.91. The minimum Gasteiger partial charge on any atom is -0.370 e. The number of hydrogen-bond acceptors (Lipinski definition) is 5. The summed E-state index contributed by atoms with van der Waals surface area (Å²) in [6.07, 6.45) is 0.795. The molecule has 28 heavy (non-hydrogen) atoms. The molecule has 0 saturated carbocycles. The third-order valence-corrected chi connectivity index (χ3v) is 6.24. The fourth-order valence-electron chi connectivity index (χ4n) is 3.60. The first-order chi connectivity index (χ1) is 13.0. The van der Waals surface area contributed by atoms with E-state index in [-0.39, 0.29) is 19.9 Å². The lowest BCUT2D eigenvalue weighted by Gasteiger charge is -2.11. The Morgan fingerprint density at radius 3 is 2.57 bits per heavy atom. The predicted molar refractivity (Wildman–Crippen MR) is 118 cm³/mol. The van der Waals surface area contributed by atoms with Gasteiger partial charge in [0.15, 0.2) is 5.76 Å². The molecular weight excluding hydrogens is 390 g/mol. The number of nitrogens with two attached hydrogens (primary N) is 1. The number of aliphatic imine (C=N–C) groups is 1. The molecule has 146 valence electrons. The number of carbonyl (C=O) groups excluding carboxylic acids is 1. The first kappa shape index (κ1) is 20.4. The van der Waals surface area contributed by atoms with Gasteiger partial charge in [0.05, 0.1) is 17.7 Å². The number of aryl methyl sites for hydroxylation is 2. The molecule has 1 amide bonds. The zero-order valence-corrected chi connectivity index (χ0v) is 17.9. The summed E-state index contributed by atoms with van der Waals surface area (Å²) in [6.45, 7) is 6.18. The Bertz CT molecular complexity index is 1050. The van der Waals surface area contributed by atoms with Gasteiger partial charge in [0, 0.05) is 27.5 Å². The van der Waals surface area contributed by atoms with Gasteiger partial charge in [-0.1, -0.05) is 35.5 Å². The van der Waals surface area contributed by atoms with Crippen molar-refractivity contribution >= 4 is 36.5 Å². The molecule has 0 saturated heterocycles. The van der Waals surface area contributed by atoms with E-state index in [0.29, 0.717) is 12.2 Å². The summed E-state index contributed by atoms with van der Waals surface area (Å²) in [5.41, 5.74) is 11.8. The number of thiophene rings is 1. The minimum atomic E-state index is -0.447. The molecule has 1 aromatic carbocycles. The molecule has 1 atom stereocenters. The quantitative estimate of drug-likeness (QED) is 0.688. The molecule has 4 rings (SSSR count). The Morgan fingerprint density at radius 2 is 1.89 bits per heavy atom. The van der Waals surface area contributed by atoms with Crippen molar-refractivity contribution in [3.63, 3.8) is 0 Å². The molecule has 1 aliphatic rings. The van der Waals surface area contributed by atoms with Gasteiger partial charge in [-0.2, -0.15) is 13.5 Å². The van der Waals surface area contributed by atoms with Gasteiger partial charge in [0.1, 0.15) is 6.04 Å². The number of amides is 1. The summed E-state index contributed by atoms with van der Waals surface area (Å²) in [4.78, 5) is 19.0. The smallest absolute Gasteiger partial charge is 0.220 e. The molecular formula is C21H23N3O2S2. The van der Waals surface area contributed by atoms with E-state index in [9.17, 15) is 4.79 Å². The van der Waals surface area contributed by atoms with E-state index in [0.717, 1.165) is 27.4 Å². The SMILES string of the molecule is Cc1noc2c1-c1sc(C)c(C)c1C(Cc1ccccc1)=N[C@H]2CC(N)=O.S. The lowest BCUT2D eigenvalue weighted by atomic mass is 9.96. The number of aromatic nitrogens is 1. The second-order valence-corrected chi connectivity index (χ2v) is 8.14. The highest BCUT2D eigenvalue weighted by Gasteiger charge is 2.33. The van der Waals surface area contributed by atoms with E-state index >= 15 is 0 Å². The molecule has 0 bridgehead atoms. The minimum absolute atomic E-state index is 0. The highest BCUT2D eigenvalue weighted by molar-refractivity contribution is 7.59. The van der Waals surface area contributed by atoms with Crippen LogP contribution in [0.25, 0.3) is 10.4 Å². The summed E-state index contributed by atoms with van der Waals surface area (Å²) in [5, 5.41) is 4.15. The van der Waals surface area contributed by atoms with Gasteiger partial charge in [-0.15, -0.1) is 11.3 Å². The fraction of sp³-hybridized carbons (Fsp3) is 0.286. The first-order valence-corrected chi connectivity index (χ1v) is 9.73. The lowest BCUT2D eigenvalue weighted by molar-refractivity contribution is -0.118. The summed E-state index contributed by atoms with van der Waals surface area (Å²) in [6, 6.07) is 9.79. The zero-order valence-electron chi connectivity index (χ0n) is 16.1. The van der Waals surface area contributed by atoms with E-state index in [1.807, 2.05) is 25.1 Å². The van der Waals surface area contributed by atoms with Crippen LogP contribution in [0.4, 0.5) is 0 Å². The van der Waals surface area contributed by atoms with Crippen LogP contribution in [-0.4, -0.2) is 16.8 Å². The molecule has 3 heterocycles. The maximum atomic E-state index is 11.7. The second-order valence-electron chi connectivity index (χ2n) is 6.92. The maximum Gasteiger partial charge on any atom is 0.220 e. The highest BCUT2D eigenvalue weighted by Crippen LogP contribution is 2.45. The van der Waals surface area contributed by atoms with Gasteiger partial charge in [0.25, 0.3) is 0 Å². The molecule has 0 spiro atoms. The van der Waals surface area contributed by atoms with Crippen molar-refractivity contribution in [3.05, 3.63) is 63.4 Å². The third-order valence-electron chi connectivity index (χ3n) is 5.01. The largest absolute Gasteiger partial charge is 0.370 e. The second kappa shape index (κ2) is 7.93. The summed E-state index contributed by atoms with van der Waals surface area (Å²) >= 11 is 1.73. The number of nitrogens with zero attached hydrogens (tertiary/aromatic N) is 2. The molecule has 2 N–H and O–H groups in total. The molecule has 2 aromatic heterocycles. The van der Waals surface area contributed by atoms with Gasteiger partial charge in [0.2, 0.25) is 5.91 Å². The number of hydrogen-bond donors (Lipinski definition) is 1. The topological polar surface area (TPSA) is 81.5 Å². The van der Waals surface area contributed by atoms with Crippen molar-refractivity contribution in [3.8, 4) is 10.4 Å². The monoisotopic (exact) mass is 413 g/mol. The fourth-order valence-corrected chi connectivity index (χ4v) is 4.89. The van der Waals surface area contributed by atoms with Crippen molar-refractivity contribution < 1.29 is 9.32 Å². The highest BCUT2D eigenvalue weighted by atomic mass is 32.1. The van der Waals surface area contributed by atoms with Crippen LogP contribution < -0.4 is 5.73 Å². The molecule has 7 heteroatoms. The van der Waals surface area contributed by atoms with Crippen LogP contribution in [0.3, 0.4) is 0 Å². The van der Waals surface area contributed by atoms with E-state index in [2.05, 4.69) is 31.1 Å². The van der Waals surface area contributed by atoms with Crippen LogP contribution in [0.15, 0.2) is 39.8 Å². The van der Waals surface area contributed by atoms with Crippen LogP contribution in [0, 0.1) is 20.8 Å². The Labute approximate surface area is 175 Å². The van der Waals surface area contributed by atoms with Gasteiger partial charge in [-0.25, -0.2) is 0 Å². The molecule has 5 nitrogen and oxygen atoms in total. The van der Waals surface area contributed by atoms with Crippen LogP contribution >= 0.6 is 24.8 Å². The van der Waals surface area contributed by atoms with Crippen molar-refractivity contribution in [2.75, 3.05) is 0 Å². The molecule has 3 aromatic rings. The Kier molecular flexibility index (Phi) is 5.76. The molecule has 0 unspecified atom stereocenters. The van der Waals surface area contributed by atoms with Gasteiger partial charge < -0.3 is 10.3 Å². The van der Waals surface area contributed by atoms with Crippen molar-refractivity contribution in [2.45, 2.75) is 39.7 Å². The normalized spacial score (nSPS) is 15.1. The Balaban J connectivity index is 0.00000225. The average Bonchev–Trinajstić information content (AvgIpc) is 3.10. The van der Waals surface area contributed by atoms with Crippen LogP contribution in [-0.2, 0) is 11.2 Å². The van der Waals surface area contributed by atoms with Gasteiger partial charge in [-0.05, 0) is 31.9 Å². The maximum absolute atomic E-state index is 11.7. The molecule has 0 radical (unpaired) electrons. The van der Waals surface area contributed by atoms with E-state index < -0.39 is 11.9 Å². The molecule has 1 aliphatic heterocycles. The van der Waals surface area contributed by atoms with Gasteiger partial charge in [-0.3, -0.25) is 9.79 Å². The average molecular weight is 414 g/mol. The standard InChI is InChI=1S/C21H21N3O2S.H2S/c1-11-13(3)27-21-18(11)15(9-14-7-5-4-6-8-14)23-16(10-17(22)25)20-19(21)12(2)24-26-20;/h4-8,16H,9-10H2,1-3H3,(H2,22,25);1H2/t16-;/m0./s1. The van der Waals surface area contributed by atoms with E-state index in [1.54, 1.807) is 11.3 Å². The van der Waals surface area contributed by atoms with E-state index in [1.165, 1.54) is 16.0 Å². The number of fused-ring (bicyclic) bond motifs is 3. The van der Waals surface area contributed by atoms with Crippen LogP contribution in [0.5, 0.6) is 0 Å². The Morgan fingerprint density at radius 1 is 1.18 bits per heavy atom. The summed E-state index contributed by atoms with van der Waals surface area (Å²) in [7, 11) is 0. The van der Waals surface area contributed by atoms with Crippen molar-refractivity contribution in [2.24, 2.45) is 10.7 Å². The van der Waals surface area contributed by atoms with Crippen LogP contribution in [0.2, 0.25) is 0 Å². The lowest BCUT2D eigenvalue weighted by Crippen LogP contribution is -2.16. The van der Waals surface area contributed by atoms with Crippen molar-refractivity contribution in [1.82, 2.24) is 5.16 Å². The third kappa shape index (κ3) is 3.52. The summed E-state index contributed by atoms with van der Waals surface area (Å²) < 4.78 is 5.63. The molecule has 0 aliphatic carbocycles. The predicted octanol–water partition coefficient (Wildman–Crippen LogP) is 4.40. The van der Waals surface area contributed by atoms with Crippen molar-refractivity contribution in [1.29, 1.82) is 0 Å². The van der Waals surface area contributed by atoms with Crippen LogP contribution in [0.1, 0.15) is 45.5 Å². The zero-order chi connectivity index (χ0) is 19.1. The number of benzene rings is 1. The number of carbonyl (C=O) groups is 1.